The standard InChI is InChI=1S/C18H17N3O3/c1-21(2)11-16-19-17(24-20-16)18(22)12-7-3-5-9-14(12)23-15-10-6-4-8-13(15)18/h3-10,22H,11H2,1-2H3. The first-order valence-electron chi connectivity index (χ1n) is 7.66. The number of aromatic nitrogens is 2. The molecule has 3 aromatic rings. The molecule has 6 heteroatoms. The molecule has 0 saturated heterocycles. The highest BCUT2D eigenvalue weighted by Gasteiger charge is 2.46. The molecular formula is C18H17N3O3. The third kappa shape index (κ3) is 2.19. The minimum Gasteiger partial charge on any atom is -0.457 e. The summed E-state index contributed by atoms with van der Waals surface area (Å²) in [5.41, 5.74) is -0.365. The zero-order valence-electron chi connectivity index (χ0n) is 13.4. The maximum atomic E-state index is 11.6. The van der Waals surface area contributed by atoms with Gasteiger partial charge in [0.2, 0.25) is 5.60 Å². The van der Waals surface area contributed by atoms with Gasteiger partial charge in [0.1, 0.15) is 11.5 Å². The van der Waals surface area contributed by atoms with Gasteiger partial charge >= 0.3 is 0 Å². The first kappa shape index (κ1) is 14.9. The van der Waals surface area contributed by atoms with Crippen LogP contribution in [0.2, 0.25) is 0 Å². The highest BCUT2D eigenvalue weighted by Crippen LogP contribution is 2.49. The Morgan fingerprint density at radius 1 is 1.00 bits per heavy atom. The lowest BCUT2D eigenvalue weighted by molar-refractivity contribution is 0.0747. The van der Waals surface area contributed by atoms with E-state index in [1.807, 2.05) is 55.4 Å². The average molecular weight is 323 g/mol. The van der Waals surface area contributed by atoms with Gasteiger partial charge in [-0.1, -0.05) is 41.6 Å². The minimum atomic E-state index is -1.54. The van der Waals surface area contributed by atoms with Crippen LogP contribution in [0.5, 0.6) is 11.5 Å². The quantitative estimate of drug-likeness (QED) is 0.798. The summed E-state index contributed by atoms with van der Waals surface area (Å²) in [5.74, 6) is 1.81. The Bertz CT molecular complexity index is 843. The number of nitrogens with zero attached hydrogens (tertiary/aromatic N) is 3. The van der Waals surface area contributed by atoms with E-state index < -0.39 is 5.60 Å². The molecule has 0 bridgehead atoms. The molecule has 24 heavy (non-hydrogen) atoms. The monoisotopic (exact) mass is 323 g/mol. The number of aliphatic hydroxyl groups is 1. The highest BCUT2D eigenvalue weighted by atomic mass is 16.5. The van der Waals surface area contributed by atoms with Crippen molar-refractivity contribution in [3.05, 3.63) is 71.4 Å². The Labute approximate surface area is 139 Å². The summed E-state index contributed by atoms with van der Waals surface area (Å²) in [6.45, 7) is 0.527. The van der Waals surface area contributed by atoms with Crippen molar-refractivity contribution >= 4 is 0 Å². The molecule has 6 nitrogen and oxygen atoms in total. The van der Waals surface area contributed by atoms with Crippen LogP contribution in [0.3, 0.4) is 0 Å². The van der Waals surface area contributed by atoms with Crippen LogP contribution in [0.25, 0.3) is 0 Å². The summed E-state index contributed by atoms with van der Waals surface area (Å²) < 4.78 is 11.3. The summed E-state index contributed by atoms with van der Waals surface area (Å²) in [4.78, 5) is 6.35. The van der Waals surface area contributed by atoms with Gasteiger partial charge in [-0.25, -0.2) is 0 Å². The molecular weight excluding hydrogens is 306 g/mol. The molecule has 0 fully saturated rings. The fourth-order valence-corrected chi connectivity index (χ4v) is 2.95. The molecule has 0 unspecified atom stereocenters. The van der Waals surface area contributed by atoms with Gasteiger partial charge in [0.05, 0.1) is 6.54 Å². The zero-order valence-corrected chi connectivity index (χ0v) is 13.4. The highest BCUT2D eigenvalue weighted by molar-refractivity contribution is 5.58. The van der Waals surface area contributed by atoms with Crippen LogP contribution in [0, 0.1) is 0 Å². The number of benzene rings is 2. The SMILES string of the molecule is CN(C)Cc1noc(C2(O)c3ccccc3Oc3ccccc32)n1. The molecule has 0 amide bonds. The van der Waals surface area contributed by atoms with E-state index in [2.05, 4.69) is 10.1 Å². The van der Waals surface area contributed by atoms with Crippen molar-refractivity contribution < 1.29 is 14.4 Å². The number of hydrogen-bond acceptors (Lipinski definition) is 6. The first-order chi connectivity index (χ1) is 11.6. The summed E-state index contributed by atoms with van der Waals surface area (Å²) in [5, 5.41) is 15.6. The van der Waals surface area contributed by atoms with Crippen LogP contribution in [0.15, 0.2) is 53.1 Å². The van der Waals surface area contributed by atoms with Crippen molar-refractivity contribution in [1.29, 1.82) is 0 Å². The van der Waals surface area contributed by atoms with Crippen LogP contribution in [-0.2, 0) is 12.1 Å². The fraction of sp³-hybridized carbons (Fsp3) is 0.222. The summed E-state index contributed by atoms with van der Waals surface area (Å²) >= 11 is 0. The van der Waals surface area contributed by atoms with E-state index in [1.54, 1.807) is 12.1 Å². The van der Waals surface area contributed by atoms with Crippen molar-refractivity contribution in [2.24, 2.45) is 0 Å². The fourth-order valence-electron chi connectivity index (χ4n) is 2.95. The van der Waals surface area contributed by atoms with E-state index in [0.717, 1.165) is 0 Å². The average Bonchev–Trinajstić information content (AvgIpc) is 3.03. The van der Waals surface area contributed by atoms with E-state index in [-0.39, 0.29) is 5.89 Å². The van der Waals surface area contributed by atoms with Crippen molar-refractivity contribution in [2.75, 3.05) is 14.1 Å². The second-order valence-electron chi connectivity index (χ2n) is 6.06. The lowest BCUT2D eigenvalue weighted by Gasteiger charge is -2.32. The third-order valence-corrected chi connectivity index (χ3v) is 4.01. The van der Waals surface area contributed by atoms with Gasteiger partial charge in [-0.15, -0.1) is 0 Å². The molecule has 0 radical (unpaired) electrons. The Morgan fingerprint density at radius 2 is 1.58 bits per heavy atom. The smallest absolute Gasteiger partial charge is 0.268 e. The number of fused-ring (bicyclic) bond motifs is 2. The number of ether oxygens (including phenoxy) is 1. The Balaban J connectivity index is 1.91. The van der Waals surface area contributed by atoms with Crippen LogP contribution in [-0.4, -0.2) is 34.2 Å². The van der Waals surface area contributed by atoms with Gasteiger partial charge in [0, 0.05) is 11.1 Å². The van der Waals surface area contributed by atoms with Gasteiger partial charge in [-0.05, 0) is 26.2 Å². The van der Waals surface area contributed by atoms with Gasteiger partial charge < -0.3 is 19.3 Å². The van der Waals surface area contributed by atoms with E-state index in [0.29, 0.717) is 35.0 Å². The molecule has 0 spiro atoms. The van der Waals surface area contributed by atoms with Crippen molar-refractivity contribution in [3.63, 3.8) is 0 Å². The number of para-hydroxylation sites is 2. The van der Waals surface area contributed by atoms with Gasteiger partial charge in [0.25, 0.3) is 5.89 Å². The third-order valence-electron chi connectivity index (χ3n) is 4.01. The topological polar surface area (TPSA) is 71.6 Å². The summed E-state index contributed by atoms with van der Waals surface area (Å²) in [7, 11) is 3.84. The number of rotatable bonds is 3. The van der Waals surface area contributed by atoms with Crippen molar-refractivity contribution in [1.82, 2.24) is 15.0 Å². The van der Waals surface area contributed by atoms with Gasteiger partial charge in [-0.3, -0.25) is 0 Å². The van der Waals surface area contributed by atoms with Gasteiger partial charge in [-0.2, -0.15) is 4.98 Å². The van der Waals surface area contributed by atoms with Crippen LogP contribution >= 0.6 is 0 Å². The first-order valence-corrected chi connectivity index (χ1v) is 7.66. The predicted octanol–water partition coefficient (Wildman–Crippen LogP) is 2.52. The number of hydrogen-bond donors (Lipinski definition) is 1. The lowest BCUT2D eigenvalue weighted by Crippen LogP contribution is -2.32. The molecule has 1 aliphatic rings. The molecule has 1 N–H and O–H groups in total. The normalized spacial score (nSPS) is 14.8. The van der Waals surface area contributed by atoms with Gasteiger partial charge in [0.15, 0.2) is 5.82 Å². The minimum absolute atomic E-state index is 0.141. The van der Waals surface area contributed by atoms with Crippen LogP contribution in [0.1, 0.15) is 22.8 Å². The molecule has 4 rings (SSSR count). The molecule has 2 heterocycles. The molecule has 0 atom stereocenters. The van der Waals surface area contributed by atoms with E-state index in [4.69, 9.17) is 9.26 Å². The van der Waals surface area contributed by atoms with Crippen LogP contribution in [0.4, 0.5) is 0 Å². The summed E-state index contributed by atoms with van der Waals surface area (Å²) in [6.07, 6.45) is 0. The maximum absolute atomic E-state index is 11.6. The van der Waals surface area contributed by atoms with E-state index in [9.17, 15) is 5.11 Å². The molecule has 1 aliphatic heterocycles. The molecule has 0 saturated carbocycles. The Hall–Kier alpha value is -2.70. The van der Waals surface area contributed by atoms with Crippen LogP contribution < -0.4 is 4.74 Å². The second-order valence-corrected chi connectivity index (χ2v) is 6.06. The Morgan fingerprint density at radius 3 is 2.17 bits per heavy atom. The van der Waals surface area contributed by atoms with E-state index in [1.165, 1.54) is 0 Å². The zero-order chi connectivity index (χ0) is 16.7. The maximum Gasteiger partial charge on any atom is 0.268 e. The molecule has 2 aromatic carbocycles. The summed E-state index contributed by atoms with van der Waals surface area (Å²) in [6, 6.07) is 14.6. The Kier molecular flexibility index (Phi) is 3.37. The molecule has 122 valence electrons. The largest absolute Gasteiger partial charge is 0.457 e. The molecule has 1 aromatic heterocycles. The lowest BCUT2D eigenvalue weighted by atomic mass is 9.83. The second kappa shape index (κ2) is 5.43. The van der Waals surface area contributed by atoms with Crippen molar-refractivity contribution in [3.8, 4) is 11.5 Å². The molecule has 0 aliphatic carbocycles. The van der Waals surface area contributed by atoms with E-state index >= 15 is 0 Å². The van der Waals surface area contributed by atoms with Crippen molar-refractivity contribution in [2.45, 2.75) is 12.1 Å². The predicted molar refractivity (Wildman–Crippen MR) is 86.7 cm³/mol.